The summed E-state index contributed by atoms with van der Waals surface area (Å²) in [6.45, 7) is 8.42. The number of aromatic nitrogens is 1. The van der Waals surface area contributed by atoms with E-state index in [-0.39, 0.29) is 11.3 Å². The normalized spacial score (nSPS) is 16.6. The summed E-state index contributed by atoms with van der Waals surface area (Å²) in [4.78, 5) is 19.6. The van der Waals surface area contributed by atoms with Gasteiger partial charge in [0, 0.05) is 25.0 Å². The monoisotopic (exact) mass is 387 g/mol. The maximum absolute atomic E-state index is 12.7. The van der Waals surface area contributed by atoms with Crippen molar-refractivity contribution in [3.63, 3.8) is 0 Å². The molecule has 0 bridgehead atoms. The van der Waals surface area contributed by atoms with Crippen molar-refractivity contribution in [2.45, 2.75) is 45.4 Å². The van der Waals surface area contributed by atoms with Crippen LogP contribution in [0.1, 0.15) is 56.0 Å². The Balaban J connectivity index is 1.44. The molecule has 0 radical (unpaired) electrons. The molecular weight excluding hydrogens is 358 g/mol. The van der Waals surface area contributed by atoms with Gasteiger partial charge in [0.25, 0.3) is 5.91 Å². The molecular formula is C25H29N3O. The van der Waals surface area contributed by atoms with Gasteiger partial charge >= 0.3 is 0 Å². The summed E-state index contributed by atoms with van der Waals surface area (Å²) >= 11 is 0. The third-order valence-corrected chi connectivity index (χ3v) is 5.74. The molecule has 0 saturated carbocycles. The number of carbonyl (C=O) groups is 1. The maximum Gasteiger partial charge on any atom is 0.257 e. The van der Waals surface area contributed by atoms with Crippen molar-refractivity contribution in [1.29, 1.82) is 0 Å². The zero-order valence-electron chi connectivity index (χ0n) is 17.5. The van der Waals surface area contributed by atoms with Crippen molar-refractivity contribution in [1.82, 2.24) is 4.98 Å². The molecule has 1 N–H and O–H groups in total. The van der Waals surface area contributed by atoms with E-state index in [2.05, 4.69) is 54.2 Å². The van der Waals surface area contributed by atoms with Crippen LogP contribution in [-0.4, -0.2) is 24.0 Å². The van der Waals surface area contributed by atoms with E-state index < -0.39 is 0 Å². The molecule has 2 aliphatic rings. The lowest BCUT2D eigenvalue weighted by atomic mass is 9.87. The molecule has 0 unspecified atom stereocenters. The average Bonchev–Trinajstić information content (AvgIpc) is 2.73. The molecule has 1 aromatic heterocycles. The number of nitrogens with zero attached hydrogens (tertiary/aromatic N) is 2. The van der Waals surface area contributed by atoms with Crippen LogP contribution in [0.15, 0.2) is 65.9 Å². The number of pyridine rings is 1. The number of benzene rings is 1. The van der Waals surface area contributed by atoms with Crippen molar-refractivity contribution >= 4 is 17.4 Å². The first-order valence-electron chi connectivity index (χ1n) is 10.4. The first-order valence-corrected chi connectivity index (χ1v) is 10.4. The Labute approximate surface area is 173 Å². The Morgan fingerprint density at radius 2 is 2.00 bits per heavy atom. The highest BCUT2D eigenvalue weighted by molar-refractivity contribution is 6.04. The van der Waals surface area contributed by atoms with Crippen molar-refractivity contribution < 1.29 is 4.79 Å². The second-order valence-electron chi connectivity index (χ2n) is 8.93. The molecule has 4 nitrogen and oxygen atoms in total. The zero-order chi connectivity index (χ0) is 20.4. The summed E-state index contributed by atoms with van der Waals surface area (Å²) in [6, 6.07) is 11.9. The molecule has 2 aromatic rings. The van der Waals surface area contributed by atoms with Gasteiger partial charge in [0.05, 0.1) is 5.56 Å². The summed E-state index contributed by atoms with van der Waals surface area (Å²) < 4.78 is 0. The van der Waals surface area contributed by atoms with Gasteiger partial charge < -0.3 is 10.2 Å². The van der Waals surface area contributed by atoms with Gasteiger partial charge in [-0.1, -0.05) is 45.1 Å². The minimum atomic E-state index is -0.129. The lowest BCUT2D eigenvalue weighted by Gasteiger charge is -2.32. The van der Waals surface area contributed by atoms with Crippen LogP contribution < -0.4 is 10.2 Å². The van der Waals surface area contributed by atoms with Gasteiger partial charge in [-0.25, -0.2) is 4.98 Å². The van der Waals surface area contributed by atoms with Gasteiger partial charge in [0.2, 0.25) is 0 Å². The third kappa shape index (κ3) is 4.42. The quantitative estimate of drug-likeness (QED) is 0.758. The van der Waals surface area contributed by atoms with Crippen LogP contribution >= 0.6 is 0 Å². The summed E-state index contributed by atoms with van der Waals surface area (Å²) in [5.41, 5.74) is 5.66. The van der Waals surface area contributed by atoms with Crippen molar-refractivity contribution in [3.8, 4) is 0 Å². The van der Waals surface area contributed by atoms with E-state index in [1.807, 2.05) is 30.3 Å². The van der Waals surface area contributed by atoms with Gasteiger partial charge in [-0.15, -0.1) is 0 Å². The number of hydrogen-bond donors (Lipinski definition) is 1. The summed E-state index contributed by atoms with van der Waals surface area (Å²) in [7, 11) is 0. The number of allylic oxidation sites excluding steroid dienone is 2. The molecule has 2 heterocycles. The Kier molecular flexibility index (Phi) is 5.27. The molecule has 1 aromatic carbocycles. The van der Waals surface area contributed by atoms with E-state index in [4.69, 9.17) is 0 Å². The summed E-state index contributed by atoms with van der Waals surface area (Å²) in [6.07, 6.45) is 9.60. The van der Waals surface area contributed by atoms with E-state index in [0.717, 1.165) is 43.9 Å². The molecule has 0 atom stereocenters. The lowest BCUT2D eigenvalue weighted by Crippen LogP contribution is -2.32. The molecule has 0 spiro atoms. The first kappa shape index (κ1) is 19.4. The predicted molar refractivity (Wildman–Crippen MR) is 120 cm³/mol. The van der Waals surface area contributed by atoms with Crippen molar-refractivity contribution in [3.05, 3.63) is 77.0 Å². The number of nitrogens with one attached hydrogen (secondary N) is 1. The van der Waals surface area contributed by atoms with Crippen LogP contribution in [0.4, 0.5) is 11.5 Å². The second-order valence-corrected chi connectivity index (χ2v) is 8.93. The minimum Gasteiger partial charge on any atom is -0.352 e. The SMILES string of the molecule is CC(C)(C)c1cccc(NC(=O)c2ccc(N3CCC4=C(CCC=C4)C3)nc2)c1. The van der Waals surface area contributed by atoms with Gasteiger partial charge in [-0.05, 0) is 65.7 Å². The molecule has 0 saturated heterocycles. The van der Waals surface area contributed by atoms with Crippen LogP contribution in [0.25, 0.3) is 0 Å². The molecule has 1 amide bonds. The molecule has 1 aliphatic carbocycles. The molecule has 0 fully saturated rings. The maximum atomic E-state index is 12.7. The highest BCUT2D eigenvalue weighted by Crippen LogP contribution is 2.29. The number of hydrogen-bond acceptors (Lipinski definition) is 3. The van der Waals surface area contributed by atoms with Crippen LogP contribution in [-0.2, 0) is 5.41 Å². The largest absolute Gasteiger partial charge is 0.352 e. The number of anilines is 2. The predicted octanol–water partition coefficient (Wildman–Crippen LogP) is 5.49. The Morgan fingerprint density at radius 3 is 2.76 bits per heavy atom. The molecule has 150 valence electrons. The van der Waals surface area contributed by atoms with Crippen molar-refractivity contribution in [2.75, 3.05) is 23.3 Å². The third-order valence-electron chi connectivity index (χ3n) is 5.74. The van der Waals surface area contributed by atoms with E-state index in [9.17, 15) is 4.79 Å². The summed E-state index contributed by atoms with van der Waals surface area (Å²) in [5, 5.41) is 3.00. The van der Waals surface area contributed by atoms with Crippen LogP contribution in [0.2, 0.25) is 0 Å². The van der Waals surface area contributed by atoms with Gasteiger partial charge in [-0.3, -0.25) is 4.79 Å². The first-order chi connectivity index (χ1) is 13.9. The molecule has 1 aliphatic heterocycles. The fraction of sp³-hybridized carbons (Fsp3) is 0.360. The molecule has 4 rings (SSSR count). The van der Waals surface area contributed by atoms with E-state index in [1.54, 1.807) is 6.20 Å². The summed E-state index contributed by atoms with van der Waals surface area (Å²) in [5.74, 6) is 0.813. The van der Waals surface area contributed by atoms with Gasteiger partial charge in [-0.2, -0.15) is 0 Å². The smallest absolute Gasteiger partial charge is 0.257 e. The fourth-order valence-corrected chi connectivity index (χ4v) is 3.94. The van der Waals surface area contributed by atoms with E-state index >= 15 is 0 Å². The number of carbonyl (C=O) groups excluding carboxylic acids is 1. The number of amides is 1. The Hall–Kier alpha value is -2.88. The highest BCUT2D eigenvalue weighted by atomic mass is 16.1. The van der Waals surface area contributed by atoms with Gasteiger partial charge in [0.15, 0.2) is 0 Å². The topological polar surface area (TPSA) is 45.2 Å². The molecule has 29 heavy (non-hydrogen) atoms. The van der Waals surface area contributed by atoms with Crippen LogP contribution in [0.5, 0.6) is 0 Å². The standard InChI is InChI=1S/C25H29N3O/c1-25(2,3)21-9-6-10-22(15-21)27-24(29)19-11-12-23(26-16-19)28-14-13-18-7-4-5-8-20(18)17-28/h4,6-7,9-12,15-16H,5,8,13-14,17H2,1-3H3,(H,27,29). The lowest BCUT2D eigenvalue weighted by molar-refractivity contribution is 0.102. The average molecular weight is 388 g/mol. The fourth-order valence-electron chi connectivity index (χ4n) is 3.94. The number of rotatable bonds is 3. The second kappa shape index (κ2) is 7.86. The van der Waals surface area contributed by atoms with Crippen LogP contribution in [0, 0.1) is 0 Å². The van der Waals surface area contributed by atoms with E-state index in [0.29, 0.717) is 5.56 Å². The zero-order valence-corrected chi connectivity index (χ0v) is 17.5. The Morgan fingerprint density at radius 1 is 1.14 bits per heavy atom. The molecule has 4 heteroatoms. The highest BCUT2D eigenvalue weighted by Gasteiger charge is 2.20. The van der Waals surface area contributed by atoms with E-state index in [1.165, 1.54) is 16.7 Å². The Bertz CT molecular complexity index is 964. The minimum absolute atomic E-state index is 0.0435. The van der Waals surface area contributed by atoms with Gasteiger partial charge in [0.1, 0.15) is 5.82 Å². The van der Waals surface area contributed by atoms with Crippen LogP contribution in [0.3, 0.4) is 0 Å². The van der Waals surface area contributed by atoms with Crippen molar-refractivity contribution in [2.24, 2.45) is 0 Å².